The Hall–Kier alpha value is -3.77. The topological polar surface area (TPSA) is 62.8 Å². The molecule has 0 bridgehead atoms. The predicted molar refractivity (Wildman–Crippen MR) is 119 cm³/mol. The number of rotatable bonds is 3. The van der Waals surface area contributed by atoms with Gasteiger partial charge in [0, 0.05) is 18.0 Å². The van der Waals surface area contributed by atoms with Crippen LogP contribution in [-0.4, -0.2) is 14.7 Å². The van der Waals surface area contributed by atoms with Gasteiger partial charge in [0.15, 0.2) is 10.6 Å². The summed E-state index contributed by atoms with van der Waals surface area (Å²) in [6, 6.07) is 19.6. The molecule has 0 spiro atoms. The third-order valence-electron chi connectivity index (χ3n) is 4.76. The van der Waals surface area contributed by atoms with E-state index in [1.54, 1.807) is 17.0 Å². The highest BCUT2D eigenvalue weighted by atomic mass is 32.1. The Balaban J connectivity index is 1.71. The van der Waals surface area contributed by atoms with E-state index in [0.717, 1.165) is 32.3 Å². The molecule has 0 fully saturated rings. The Bertz CT molecular complexity index is 1450. The molecular formula is C24H18N4OS. The molecule has 1 N–H and O–H groups in total. The van der Waals surface area contributed by atoms with Gasteiger partial charge in [0.2, 0.25) is 5.88 Å². The summed E-state index contributed by atoms with van der Waals surface area (Å²) in [6.07, 6.45) is 7.53. The second-order valence-corrected chi connectivity index (χ2v) is 7.97. The van der Waals surface area contributed by atoms with Crippen LogP contribution in [0.2, 0.25) is 0 Å². The number of pyridine rings is 1. The molecule has 0 amide bonds. The average Bonchev–Trinajstić information content (AvgIpc) is 3.34. The number of para-hydroxylation sites is 1. The maximum absolute atomic E-state index is 11.1. The van der Waals surface area contributed by atoms with E-state index in [9.17, 15) is 5.11 Å². The molecule has 0 saturated carbocycles. The average molecular weight is 411 g/mol. The van der Waals surface area contributed by atoms with Crippen molar-refractivity contribution in [3.63, 3.8) is 0 Å². The van der Waals surface area contributed by atoms with Crippen molar-refractivity contribution in [1.29, 1.82) is 0 Å². The van der Waals surface area contributed by atoms with E-state index in [1.807, 2.05) is 73.7 Å². The molecule has 0 saturated heterocycles. The fraction of sp³-hybridized carbons (Fsp3) is 0.0417. The smallest absolute Gasteiger partial charge is 0.215 e. The predicted octanol–water partition coefficient (Wildman–Crippen LogP) is 3.61. The lowest BCUT2D eigenvalue weighted by Crippen LogP contribution is -2.11. The first-order chi connectivity index (χ1) is 14.7. The fourth-order valence-electron chi connectivity index (χ4n) is 3.25. The van der Waals surface area contributed by atoms with Gasteiger partial charge < -0.3 is 5.11 Å². The number of aryl methyl sites for hydroxylation is 1. The Labute approximate surface area is 177 Å². The van der Waals surface area contributed by atoms with Crippen molar-refractivity contribution < 1.29 is 5.11 Å². The Morgan fingerprint density at radius 2 is 1.93 bits per heavy atom. The first-order valence-corrected chi connectivity index (χ1v) is 10.3. The molecule has 5 rings (SSSR count). The van der Waals surface area contributed by atoms with Gasteiger partial charge in [-0.15, -0.1) is 0 Å². The van der Waals surface area contributed by atoms with Crippen molar-refractivity contribution in [2.75, 3.05) is 0 Å². The van der Waals surface area contributed by atoms with Crippen LogP contribution in [0.1, 0.15) is 16.0 Å². The van der Waals surface area contributed by atoms with E-state index in [1.165, 1.54) is 11.3 Å². The fourth-order valence-corrected chi connectivity index (χ4v) is 4.25. The minimum absolute atomic E-state index is 0.151. The van der Waals surface area contributed by atoms with Crippen molar-refractivity contribution in [2.45, 2.75) is 6.92 Å². The molecule has 30 heavy (non-hydrogen) atoms. The minimum Gasteiger partial charge on any atom is -0.493 e. The lowest BCUT2D eigenvalue weighted by Gasteiger charge is -2.04. The second-order valence-electron chi connectivity index (χ2n) is 6.96. The molecule has 0 atom stereocenters. The zero-order chi connectivity index (χ0) is 20.5. The monoisotopic (exact) mass is 410 g/mol. The quantitative estimate of drug-likeness (QED) is 0.561. The van der Waals surface area contributed by atoms with Crippen LogP contribution in [0.25, 0.3) is 17.8 Å². The van der Waals surface area contributed by atoms with Gasteiger partial charge in [0.25, 0.3) is 0 Å². The van der Waals surface area contributed by atoms with Gasteiger partial charge in [-0.3, -0.25) is 9.56 Å². The number of aromatic hydroxyl groups is 1. The van der Waals surface area contributed by atoms with Crippen molar-refractivity contribution >= 4 is 29.3 Å². The van der Waals surface area contributed by atoms with Crippen molar-refractivity contribution in [3.05, 3.63) is 104 Å². The summed E-state index contributed by atoms with van der Waals surface area (Å²) in [7, 11) is 0. The Kier molecular flexibility index (Phi) is 4.61. The lowest BCUT2D eigenvalue weighted by molar-refractivity contribution is 0.439. The molecule has 3 heterocycles. The van der Waals surface area contributed by atoms with Crippen molar-refractivity contribution in [3.8, 4) is 11.6 Å². The highest BCUT2D eigenvalue weighted by Crippen LogP contribution is 2.25. The van der Waals surface area contributed by atoms with E-state index >= 15 is 0 Å². The summed E-state index contributed by atoms with van der Waals surface area (Å²) in [5, 5.41) is 13.0. The third-order valence-corrected chi connectivity index (χ3v) is 5.74. The number of aromatic nitrogens is 2. The van der Waals surface area contributed by atoms with Crippen LogP contribution in [0.5, 0.6) is 5.88 Å². The summed E-state index contributed by atoms with van der Waals surface area (Å²) in [4.78, 5) is 14.8. The first-order valence-electron chi connectivity index (χ1n) is 9.51. The maximum Gasteiger partial charge on any atom is 0.215 e. The maximum atomic E-state index is 11.1. The molecule has 2 aromatic heterocycles. The number of benzene rings is 2. The molecule has 0 unspecified atom stereocenters. The van der Waals surface area contributed by atoms with Gasteiger partial charge in [-0.25, -0.2) is 9.98 Å². The highest BCUT2D eigenvalue weighted by Gasteiger charge is 2.13. The van der Waals surface area contributed by atoms with Crippen LogP contribution in [0.15, 0.2) is 83.0 Å². The molecule has 1 aliphatic heterocycles. The van der Waals surface area contributed by atoms with Gasteiger partial charge >= 0.3 is 0 Å². The van der Waals surface area contributed by atoms with E-state index in [-0.39, 0.29) is 5.88 Å². The van der Waals surface area contributed by atoms with Crippen LogP contribution < -0.4 is 15.4 Å². The molecule has 1 aliphatic rings. The van der Waals surface area contributed by atoms with Gasteiger partial charge in [-0.05, 0) is 60.2 Å². The number of nitrogens with zero attached hydrogens (tertiary/aromatic N) is 4. The summed E-state index contributed by atoms with van der Waals surface area (Å²) in [5.41, 5.74) is 2.99. The number of fused-ring (bicyclic) bond motifs is 1. The van der Waals surface area contributed by atoms with E-state index in [0.29, 0.717) is 10.6 Å². The summed E-state index contributed by atoms with van der Waals surface area (Å²) in [6.45, 7) is 1.99. The summed E-state index contributed by atoms with van der Waals surface area (Å²) >= 11 is 1.42. The lowest BCUT2D eigenvalue weighted by atomic mass is 10.2. The van der Waals surface area contributed by atoms with Gasteiger partial charge in [0.05, 0.1) is 15.9 Å². The molecule has 0 radical (unpaired) electrons. The van der Waals surface area contributed by atoms with Crippen molar-refractivity contribution in [1.82, 2.24) is 9.55 Å². The normalized spacial score (nSPS) is 13.5. The largest absolute Gasteiger partial charge is 0.493 e. The summed E-state index contributed by atoms with van der Waals surface area (Å²) < 4.78 is 1.75. The van der Waals surface area contributed by atoms with Crippen LogP contribution in [0.3, 0.4) is 0 Å². The molecule has 4 aromatic rings. The van der Waals surface area contributed by atoms with Crippen LogP contribution in [0.4, 0.5) is 5.82 Å². The van der Waals surface area contributed by atoms with Gasteiger partial charge in [-0.1, -0.05) is 41.7 Å². The third kappa shape index (κ3) is 3.49. The molecule has 6 heteroatoms. The highest BCUT2D eigenvalue weighted by molar-refractivity contribution is 7.10. The van der Waals surface area contributed by atoms with Gasteiger partial charge in [-0.2, -0.15) is 0 Å². The molecule has 146 valence electrons. The first kappa shape index (κ1) is 18.3. The van der Waals surface area contributed by atoms with E-state index in [4.69, 9.17) is 4.99 Å². The Morgan fingerprint density at radius 1 is 1.07 bits per heavy atom. The second kappa shape index (κ2) is 7.57. The van der Waals surface area contributed by atoms with E-state index < -0.39 is 0 Å². The summed E-state index contributed by atoms with van der Waals surface area (Å²) in [5.74, 6) is 0.750. The van der Waals surface area contributed by atoms with Crippen LogP contribution >= 0.6 is 11.3 Å². The van der Waals surface area contributed by atoms with Crippen molar-refractivity contribution in [2.24, 2.45) is 9.98 Å². The zero-order valence-electron chi connectivity index (χ0n) is 16.2. The van der Waals surface area contributed by atoms with Gasteiger partial charge in [0.1, 0.15) is 0 Å². The van der Waals surface area contributed by atoms with E-state index in [2.05, 4.69) is 16.0 Å². The zero-order valence-corrected chi connectivity index (χ0v) is 17.0. The number of thiazole rings is 1. The van der Waals surface area contributed by atoms with Crippen LogP contribution in [0, 0.1) is 6.92 Å². The number of hydrogen-bond acceptors (Lipinski definition) is 5. The molecule has 0 aliphatic carbocycles. The molecule has 2 aromatic carbocycles. The minimum atomic E-state index is 0.151. The standard InChI is InChI=1S/C24H18N4OS/c1-16-7-10-22(26-15-16)27-24-28(19-5-3-2-4-6-19)23(29)21(30-24)14-17-8-9-20-18(13-17)11-12-25-20/h2-15,29H,1H3. The molecule has 5 nitrogen and oxygen atoms in total. The molecular weight excluding hydrogens is 392 g/mol. The SMILES string of the molecule is Cc1ccc(N=c2sc(C=c3ccc4c(c3)C=CN=4)c(O)n2-c2ccccc2)nc1. The Morgan fingerprint density at radius 3 is 2.73 bits per heavy atom. The number of hydrogen-bond donors (Lipinski definition) is 1. The van der Waals surface area contributed by atoms with Crippen LogP contribution in [-0.2, 0) is 0 Å².